The molecule has 0 aliphatic heterocycles. The molecule has 1 aromatic rings. The van der Waals surface area contributed by atoms with Crippen LogP contribution in [0.2, 0.25) is 0 Å². The van der Waals surface area contributed by atoms with E-state index in [4.69, 9.17) is 4.74 Å². The number of anilines is 1. The minimum absolute atomic E-state index is 0.573. The lowest BCUT2D eigenvalue weighted by Gasteiger charge is -2.22. The third-order valence-electron chi connectivity index (χ3n) is 3.76. The number of rotatable bonds is 6. The van der Waals surface area contributed by atoms with Gasteiger partial charge in [0.2, 0.25) is 0 Å². The minimum Gasteiger partial charge on any atom is -0.493 e. The molecule has 0 aromatic heterocycles. The highest BCUT2D eigenvalue weighted by atomic mass is 16.5. The van der Waals surface area contributed by atoms with Crippen LogP contribution in [-0.4, -0.2) is 13.2 Å². The second-order valence-corrected chi connectivity index (χ2v) is 6.11. The fourth-order valence-corrected chi connectivity index (χ4v) is 2.59. The topological polar surface area (TPSA) is 21.3 Å². The van der Waals surface area contributed by atoms with E-state index in [1.807, 2.05) is 0 Å². The van der Waals surface area contributed by atoms with Gasteiger partial charge in [-0.3, -0.25) is 0 Å². The first-order valence-electron chi connectivity index (χ1n) is 7.71. The summed E-state index contributed by atoms with van der Waals surface area (Å²) in [7, 11) is 0. The highest BCUT2D eigenvalue weighted by Gasteiger charge is 2.12. The zero-order valence-electron chi connectivity index (χ0n) is 12.3. The van der Waals surface area contributed by atoms with Crippen LogP contribution in [0.4, 0.5) is 5.69 Å². The fourth-order valence-electron chi connectivity index (χ4n) is 2.59. The smallest absolute Gasteiger partial charge is 0.119 e. The van der Waals surface area contributed by atoms with Gasteiger partial charge < -0.3 is 10.1 Å². The molecule has 1 N–H and O–H groups in total. The van der Waals surface area contributed by atoms with Crippen molar-refractivity contribution in [1.82, 2.24) is 0 Å². The second-order valence-electron chi connectivity index (χ2n) is 6.11. The third-order valence-corrected chi connectivity index (χ3v) is 3.76. The highest BCUT2D eigenvalue weighted by molar-refractivity contribution is 5.46. The Kier molecular flexibility index (Phi) is 5.56. The van der Waals surface area contributed by atoms with Crippen molar-refractivity contribution >= 4 is 5.69 Å². The van der Waals surface area contributed by atoms with E-state index < -0.39 is 0 Å². The van der Waals surface area contributed by atoms with Gasteiger partial charge in [0.15, 0.2) is 0 Å². The van der Waals surface area contributed by atoms with Crippen molar-refractivity contribution in [3.05, 3.63) is 24.3 Å². The van der Waals surface area contributed by atoms with E-state index in [2.05, 4.69) is 43.4 Å². The Balaban J connectivity index is 1.74. The van der Waals surface area contributed by atoms with E-state index >= 15 is 0 Å². The molecule has 1 saturated carbocycles. The number of nitrogens with one attached hydrogen (secondary N) is 1. The monoisotopic (exact) mass is 261 g/mol. The summed E-state index contributed by atoms with van der Waals surface area (Å²) in [6.07, 6.45) is 7.03. The van der Waals surface area contributed by atoms with Gasteiger partial charge in [-0.05, 0) is 48.9 Å². The first-order valence-corrected chi connectivity index (χ1v) is 7.71. The van der Waals surface area contributed by atoms with Crippen molar-refractivity contribution < 1.29 is 4.74 Å². The molecular formula is C17H27NO. The van der Waals surface area contributed by atoms with Gasteiger partial charge in [0.05, 0.1) is 6.61 Å². The number of hydrogen-bond donors (Lipinski definition) is 1. The quantitative estimate of drug-likeness (QED) is 0.800. The number of benzene rings is 1. The zero-order valence-corrected chi connectivity index (χ0v) is 12.3. The molecule has 2 nitrogen and oxygen atoms in total. The lowest BCUT2D eigenvalue weighted by atomic mass is 9.89. The summed E-state index contributed by atoms with van der Waals surface area (Å²) >= 11 is 0. The molecule has 0 spiro atoms. The summed E-state index contributed by atoms with van der Waals surface area (Å²) in [4.78, 5) is 0. The van der Waals surface area contributed by atoms with Crippen molar-refractivity contribution in [2.75, 3.05) is 18.5 Å². The molecule has 0 unspecified atom stereocenters. The van der Waals surface area contributed by atoms with Crippen LogP contribution in [0.3, 0.4) is 0 Å². The summed E-state index contributed by atoms with van der Waals surface area (Å²) in [6.45, 7) is 6.24. The Morgan fingerprint density at radius 1 is 1.11 bits per heavy atom. The SMILES string of the molecule is CC(C)COc1ccc(NCC2CCCCC2)cc1. The van der Waals surface area contributed by atoms with Crippen molar-refractivity contribution in [2.24, 2.45) is 11.8 Å². The standard InChI is InChI=1S/C17H27NO/c1-14(2)13-19-17-10-8-16(9-11-17)18-12-15-6-4-3-5-7-15/h8-11,14-15,18H,3-7,12-13H2,1-2H3. The number of hydrogen-bond acceptors (Lipinski definition) is 2. The van der Waals surface area contributed by atoms with Crippen LogP contribution in [0, 0.1) is 11.8 Å². The largest absolute Gasteiger partial charge is 0.493 e. The molecule has 19 heavy (non-hydrogen) atoms. The molecule has 106 valence electrons. The minimum atomic E-state index is 0.573. The Labute approximate surface area is 117 Å². The Morgan fingerprint density at radius 2 is 1.79 bits per heavy atom. The van der Waals surface area contributed by atoms with Crippen LogP contribution < -0.4 is 10.1 Å². The average Bonchev–Trinajstić information content (AvgIpc) is 2.45. The van der Waals surface area contributed by atoms with Gasteiger partial charge in [0.25, 0.3) is 0 Å². The molecule has 0 radical (unpaired) electrons. The van der Waals surface area contributed by atoms with Gasteiger partial charge in [0.1, 0.15) is 5.75 Å². The molecule has 1 aliphatic carbocycles. The fraction of sp³-hybridized carbons (Fsp3) is 0.647. The lowest BCUT2D eigenvalue weighted by molar-refractivity contribution is 0.271. The van der Waals surface area contributed by atoms with E-state index in [1.54, 1.807) is 0 Å². The maximum Gasteiger partial charge on any atom is 0.119 e. The molecule has 0 atom stereocenters. The Hall–Kier alpha value is -1.18. The van der Waals surface area contributed by atoms with Crippen molar-refractivity contribution in [1.29, 1.82) is 0 Å². The molecule has 0 amide bonds. The summed E-state index contributed by atoms with van der Waals surface area (Å²) in [5.41, 5.74) is 1.21. The van der Waals surface area contributed by atoms with E-state index in [9.17, 15) is 0 Å². The average molecular weight is 261 g/mol. The molecule has 1 fully saturated rings. The van der Waals surface area contributed by atoms with Gasteiger partial charge in [-0.25, -0.2) is 0 Å². The van der Waals surface area contributed by atoms with Gasteiger partial charge in [-0.15, -0.1) is 0 Å². The summed E-state index contributed by atoms with van der Waals surface area (Å²) < 4.78 is 5.69. The first-order chi connectivity index (χ1) is 9.24. The third kappa shape index (κ3) is 5.14. The summed E-state index contributed by atoms with van der Waals surface area (Å²) in [5.74, 6) is 2.41. The normalized spacial score (nSPS) is 16.6. The van der Waals surface area contributed by atoms with Gasteiger partial charge in [-0.2, -0.15) is 0 Å². The highest BCUT2D eigenvalue weighted by Crippen LogP contribution is 2.24. The molecule has 1 aliphatic rings. The molecular weight excluding hydrogens is 234 g/mol. The van der Waals surface area contributed by atoms with E-state index in [-0.39, 0.29) is 0 Å². The van der Waals surface area contributed by atoms with Crippen LogP contribution in [0.25, 0.3) is 0 Å². The van der Waals surface area contributed by atoms with Crippen LogP contribution in [-0.2, 0) is 0 Å². The predicted molar refractivity (Wildman–Crippen MR) is 81.8 cm³/mol. The Morgan fingerprint density at radius 3 is 2.42 bits per heavy atom. The Bertz CT molecular complexity index is 352. The molecule has 1 aromatic carbocycles. The van der Waals surface area contributed by atoms with Crippen molar-refractivity contribution in [2.45, 2.75) is 46.0 Å². The van der Waals surface area contributed by atoms with Gasteiger partial charge in [-0.1, -0.05) is 33.1 Å². The summed E-state index contributed by atoms with van der Waals surface area (Å²) in [5, 5.41) is 3.55. The van der Waals surface area contributed by atoms with Crippen molar-refractivity contribution in [3.63, 3.8) is 0 Å². The first kappa shape index (κ1) is 14.2. The van der Waals surface area contributed by atoms with Crippen molar-refractivity contribution in [3.8, 4) is 5.75 Å². The van der Waals surface area contributed by atoms with Crippen LogP contribution in [0.5, 0.6) is 5.75 Å². The molecule has 0 heterocycles. The predicted octanol–water partition coefficient (Wildman–Crippen LogP) is 4.71. The molecule has 2 rings (SSSR count). The molecule has 0 bridgehead atoms. The van der Waals surface area contributed by atoms with E-state index in [1.165, 1.54) is 37.8 Å². The second kappa shape index (κ2) is 7.42. The van der Waals surface area contributed by atoms with Gasteiger partial charge >= 0.3 is 0 Å². The maximum atomic E-state index is 5.69. The van der Waals surface area contributed by atoms with Crippen LogP contribution >= 0.6 is 0 Å². The van der Waals surface area contributed by atoms with E-state index in [0.29, 0.717) is 5.92 Å². The lowest BCUT2D eigenvalue weighted by Crippen LogP contribution is -2.17. The zero-order chi connectivity index (χ0) is 13.5. The maximum absolute atomic E-state index is 5.69. The van der Waals surface area contributed by atoms with Gasteiger partial charge in [0, 0.05) is 12.2 Å². The summed E-state index contributed by atoms with van der Waals surface area (Å²) in [6, 6.07) is 8.37. The number of ether oxygens (including phenoxy) is 1. The molecule has 0 saturated heterocycles. The van der Waals surface area contributed by atoms with E-state index in [0.717, 1.165) is 24.8 Å². The van der Waals surface area contributed by atoms with Crippen LogP contribution in [0.1, 0.15) is 46.0 Å². The van der Waals surface area contributed by atoms with Crippen LogP contribution in [0.15, 0.2) is 24.3 Å². The molecule has 2 heteroatoms.